The van der Waals surface area contributed by atoms with Gasteiger partial charge >= 0.3 is 17.9 Å². The average molecular weight is 445 g/mol. The number of carbonyl (C=O) groups is 3. The van der Waals surface area contributed by atoms with E-state index in [1.807, 2.05) is 41.5 Å². The smallest absolute Gasteiger partial charge is 0.337 e. The van der Waals surface area contributed by atoms with E-state index in [-0.39, 0.29) is 37.0 Å². The van der Waals surface area contributed by atoms with Crippen molar-refractivity contribution >= 4 is 17.9 Å². The Morgan fingerprint density at radius 2 is 1.06 bits per heavy atom. The van der Waals surface area contributed by atoms with E-state index in [9.17, 15) is 34.8 Å². The van der Waals surface area contributed by atoms with Gasteiger partial charge in [0.05, 0.1) is 5.92 Å². The summed E-state index contributed by atoms with van der Waals surface area (Å²) in [6.45, 7) is 11.7. The van der Waals surface area contributed by atoms with Crippen LogP contribution in [-0.4, -0.2) is 43.9 Å². The second kappa shape index (κ2) is 13.0. The third-order valence-electron chi connectivity index (χ3n) is 7.43. The van der Waals surface area contributed by atoms with Crippen LogP contribution >= 0.6 is 0 Å². The second-order valence-corrected chi connectivity index (χ2v) is 9.54. The quantitative estimate of drug-likeness (QED) is 0.247. The fourth-order valence-electron chi connectivity index (χ4n) is 4.13. The van der Waals surface area contributed by atoms with E-state index >= 15 is 0 Å². The van der Waals surface area contributed by atoms with Crippen LogP contribution in [0.25, 0.3) is 0 Å². The van der Waals surface area contributed by atoms with Crippen molar-refractivity contribution in [3.05, 3.63) is 0 Å². The minimum atomic E-state index is -2.90. The van der Waals surface area contributed by atoms with Gasteiger partial charge < -0.3 is 20.4 Å². The van der Waals surface area contributed by atoms with Crippen molar-refractivity contribution in [2.24, 2.45) is 29.1 Å². The lowest BCUT2D eigenvalue weighted by molar-refractivity contribution is -0.208. The van der Waals surface area contributed by atoms with E-state index in [1.54, 1.807) is 0 Å². The van der Waals surface area contributed by atoms with Gasteiger partial charge in [-0.2, -0.15) is 0 Å². The monoisotopic (exact) mass is 444 g/mol. The first-order valence-corrected chi connectivity index (χ1v) is 11.8. The molecule has 31 heavy (non-hydrogen) atoms. The second-order valence-electron chi connectivity index (χ2n) is 9.54. The van der Waals surface area contributed by atoms with E-state index < -0.39 is 34.8 Å². The molecule has 182 valence electrons. The minimum Gasteiger partial charge on any atom is -0.481 e. The molecule has 7 nitrogen and oxygen atoms in total. The average Bonchev–Trinajstić information content (AvgIpc) is 2.72. The Kier molecular flexibility index (Phi) is 12.4. The molecule has 0 spiro atoms. The molecule has 0 rings (SSSR count). The molecule has 5 atom stereocenters. The van der Waals surface area contributed by atoms with Crippen molar-refractivity contribution in [1.29, 1.82) is 0 Å². The summed E-state index contributed by atoms with van der Waals surface area (Å²) in [7, 11) is 0. The van der Waals surface area contributed by atoms with Gasteiger partial charge in [0.25, 0.3) is 0 Å². The van der Waals surface area contributed by atoms with Gasteiger partial charge in [-0.1, -0.05) is 60.8 Å². The fourth-order valence-corrected chi connectivity index (χ4v) is 4.13. The SMILES string of the molecule is CCC(C)CCC(C(=O)O)C(O)(C(=O)O)C(CCC(C)CC)(CCC(C)CC)C(=O)O. The Morgan fingerprint density at radius 1 is 0.677 bits per heavy atom. The lowest BCUT2D eigenvalue weighted by atomic mass is 9.59. The van der Waals surface area contributed by atoms with E-state index in [0.29, 0.717) is 19.3 Å². The molecule has 0 aromatic heterocycles. The number of rotatable bonds is 17. The number of hydrogen-bond donors (Lipinski definition) is 4. The van der Waals surface area contributed by atoms with Crippen LogP contribution in [0.2, 0.25) is 0 Å². The van der Waals surface area contributed by atoms with Crippen LogP contribution in [-0.2, 0) is 14.4 Å². The summed E-state index contributed by atoms with van der Waals surface area (Å²) in [5.74, 6) is -5.97. The third-order valence-corrected chi connectivity index (χ3v) is 7.43. The van der Waals surface area contributed by atoms with E-state index in [1.165, 1.54) is 0 Å². The first-order chi connectivity index (χ1) is 14.3. The molecule has 0 aliphatic heterocycles. The van der Waals surface area contributed by atoms with Crippen LogP contribution in [0.5, 0.6) is 0 Å². The van der Waals surface area contributed by atoms with Gasteiger partial charge in [-0.3, -0.25) is 9.59 Å². The van der Waals surface area contributed by atoms with Crippen molar-refractivity contribution in [1.82, 2.24) is 0 Å². The van der Waals surface area contributed by atoms with Crippen LogP contribution in [0.4, 0.5) is 0 Å². The molecule has 0 fully saturated rings. The molecule has 4 N–H and O–H groups in total. The lowest BCUT2D eigenvalue weighted by Gasteiger charge is -2.45. The normalized spacial score (nSPS) is 19.5. The molecule has 0 radical (unpaired) electrons. The Balaban J connectivity index is 6.57. The molecule has 0 saturated carbocycles. The van der Waals surface area contributed by atoms with Gasteiger partial charge in [-0.05, 0) is 56.3 Å². The molecular weight excluding hydrogens is 400 g/mol. The summed E-state index contributed by atoms with van der Waals surface area (Å²) < 4.78 is 0. The summed E-state index contributed by atoms with van der Waals surface area (Å²) in [4.78, 5) is 37.4. The van der Waals surface area contributed by atoms with Crippen molar-refractivity contribution in [2.75, 3.05) is 0 Å². The molecule has 0 aromatic rings. The van der Waals surface area contributed by atoms with E-state index in [0.717, 1.165) is 19.3 Å². The largest absolute Gasteiger partial charge is 0.481 e. The highest BCUT2D eigenvalue weighted by molar-refractivity contribution is 5.93. The third kappa shape index (κ3) is 7.19. The van der Waals surface area contributed by atoms with Crippen molar-refractivity contribution < 1.29 is 34.8 Å². The molecule has 0 heterocycles. The molecule has 0 aliphatic carbocycles. The maximum Gasteiger partial charge on any atom is 0.337 e. The number of carboxylic acids is 3. The number of hydrogen-bond acceptors (Lipinski definition) is 4. The van der Waals surface area contributed by atoms with Gasteiger partial charge in [-0.25, -0.2) is 4.79 Å². The predicted octanol–water partition coefficient (Wildman–Crippen LogP) is 5.05. The van der Waals surface area contributed by atoms with Crippen molar-refractivity contribution in [3.63, 3.8) is 0 Å². The van der Waals surface area contributed by atoms with E-state index in [2.05, 4.69) is 0 Å². The van der Waals surface area contributed by atoms with Crippen LogP contribution in [0.3, 0.4) is 0 Å². The highest BCUT2D eigenvalue weighted by Gasteiger charge is 2.65. The molecule has 0 aliphatic rings. The zero-order valence-corrected chi connectivity index (χ0v) is 20.2. The fraction of sp³-hybridized carbons (Fsp3) is 0.875. The summed E-state index contributed by atoms with van der Waals surface area (Å²) in [6.07, 6.45) is 3.29. The maximum atomic E-state index is 12.7. The predicted molar refractivity (Wildman–Crippen MR) is 120 cm³/mol. The van der Waals surface area contributed by atoms with Crippen LogP contribution in [0, 0.1) is 29.1 Å². The zero-order valence-electron chi connectivity index (χ0n) is 20.2. The number of aliphatic carboxylic acids is 3. The Bertz CT molecular complexity index is 574. The summed E-state index contributed by atoms with van der Waals surface area (Å²) in [5, 5.41) is 42.0. The lowest BCUT2D eigenvalue weighted by Crippen LogP contribution is -2.64. The summed E-state index contributed by atoms with van der Waals surface area (Å²) >= 11 is 0. The Labute approximate surface area is 187 Å². The standard InChI is InChI=1S/C24H44O7/c1-7-16(4)10-11-19(20(25)26)24(31,22(29)30)23(21(27)28,14-12-17(5)8-2)15-13-18(6)9-3/h16-19,31H,7-15H2,1-6H3,(H,25,26)(H,27,28)(H,29,30). The molecule has 7 heteroatoms. The van der Waals surface area contributed by atoms with Crippen molar-refractivity contribution in [3.8, 4) is 0 Å². The molecule has 0 saturated heterocycles. The Morgan fingerprint density at radius 3 is 1.35 bits per heavy atom. The van der Waals surface area contributed by atoms with Crippen LogP contribution in [0.1, 0.15) is 99.3 Å². The van der Waals surface area contributed by atoms with Crippen molar-refractivity contribution in [2.45, 2.75) is 105 Å². The van der Waals surface area contributed by atoms with Gasteiger partial charge in [-0.15, -0.1) is 0 Å². The molecule has 5 unspecified atom stereocenters. The first kappa shape index (κ1) is 29.4. The zero-order chi connectivity index (χ0) is 24.4. The van der Waals surface area contributed by atoms with Gasteiger partial charge in [0.1, 0.15) is 5.41 Å². The Hall–Kier alpha value is -1.63. The first-order valence-electron chi connectivity index (χ1n) is 11.8. The maximum absolute atomic E-state index is 12.7. The van der Waals surface area contributed by atoms with Crippen LogP contribution < -0.4 is 0 Å². The van der Waals surface area contributed by atoms with Gasteiger partial charge in [0.15, 0.2) is 5.60 Å². The van der Waals surface area contributed by atoms with E-state index in [4.69, 9.17) is 0 Å². The topological polar surface area (TPSA) is 132 Å². The van der Waals surface area contributed by atoms with Gasteiger partial charge in [0, 0.05) is 0 Å². The molecule has 0 bridgehead atoms. The van der Waals surface area contributed by atoms with Crippen LogP contribution in [0.15, 0.2) is 0 Å². The number of carboxylic acid groups (broad SMARTS) is 3. The highest BCUT2D eigenvalue weighted by atomic mass is 16.4. The highest BCUT2D eigenvalue weighted by Crippen LogP contribution is 2.49. The number of aliphatic hydroxyl groups is 1. The molecule has 0 amide bonds. The summed E-state index contributed by atoms with van der Waals surface area (Å²) in [5.41, 5.74) is -4.98. The minimum absolute atomic E-state index is 0.0797. The van der Waals surface area contributed by atoms with Gasteiger partial charge in [0.2, 0.25) is 0 Å². The molecular formula is C24H44O7. The molecule has 0 aromatic carbocycles. The summed E-state index contributed by atoms with van der Waals surface area (Å²) in [6, 6.07) is 0.